The minimum Gasteiger partial charge on any atom is -0.272 e. The van der Waals surface area contributed by atoms with Crippen LogP contribution < -0.4 is 5.06 Å². The smallest absolute Gasteiger partial charge is 0.257 e. The number of amides is 1. The Hall–Kier alpha value is -1.95. The predicted octanol–water partition coefficient (Wildman–Crippen LogP) is 4.09. The molecule has 112 valence electrons. The van der Waals surface area contributed by atoms with Crippen molar-refractivity contribution in [2.75, 3.05) is 12.2 Å². The van der Waals surface area contributed by atoms with Gasteiger partial charge in [0, 0.05) is 5.02 Å². The normalized spacial score (nSPS) is 10.8. The number of nitrogens with zero attached hydrogens (tertiary/aromatic N) is 2. The van der Waals surface area contributed by atoms with Crippen LogP contribution >= 0.6 is 22.9 Å². The molecule has 0 N–H and O–H groups in total. The van der Waals surface area contributed by atoms with Crippen molar-refractivity contribution >= 4 is 44.7 Å². The number of rotatable bonds is 4. The quantitative estimate of drug-likeness (QED) is 0.676. The zero-order valence-corrected chi connectivity index (χ0v) is 13.4. The Kier molecular flexibility index (Phi) is 4.38. The summed E-state index contributed by atoms with van der Waals surface area (Å²) in [5.41, 5.74) is 1.54. The monoisotopic (exact) mass is 332 g/mol. The highest BCUT2D eigenvalue weighted by Gasteiger charge is 2.18. The van der Waals surface area contributed by atoms with E-state index in [0.717, 1.165) is 15.2 Å². The largest absolute Gasteiger partial charge is 0.272 e. The summed E-state index contributed by atoms with van der Waals surface area (Å²) in [6, 6.07) is 14.7. The molecule has 22 heavy (non-hydrogen) atoms. The van der Waals surface area contributed by atoms with Crippen molar-refractivity contribution in [2.24, 2.45) is 0 Å². The second kappa shape index (κ2) is 6.44. The lowest BCUT2D eigenvalue weighted by atomic mass is 10.3. The van der Waals surface area contributed by atoms with Crippen molar-refractivity contribution in [3.8, 4) is 0 Å². The average Bonchev–Trinajstić information content (AvgIpc) is 2.90. The summed E-state index contributed by atoms with van der Waals surface area (Å²) < 4.78 is 0.971. The summed E-state index contributed by atoms with van der Waals surface area (Å²) in [6.45, 7) is 0. The van der Waals surface area contributed by atoms with E-state index in [4.69, 9.17) is 16.4 Å². The molecule has 0 bridgehead atoms. The van der Waals surface area contributed by atoms with E-state index in [2.05, 4.69) is 4.98 Å². The molecule has 2 aromatic carbocycles. The first-order valence-electron chi connectivity index (χ1n) is 6.64. The second-order valence-corrected chi connectivity index (χ2v) is 6.15. The summed E-state index contributed by atoms with van der Waals surface area (Å²) in [5, 5.41) is 2.68. The number of carbonyl (C=O) groups is 1. The number of thiazole rings is 1. The first kappa shape index (κ1) is 15.0. The third-order valence-corrected chi connectivity index (χ3v) is 4.35. The fraction of sp³-hybridized carbons (Fsp3) is 0.125. The van der Waals surface area contributed by atoms with E-state index < -0.39 is 0 Å². The van der Waals surface area contributed by atoms with E-state index >= 15 is 0 Å². The van der Waals surface area contributed by atoms with Gasteiger partial charge in [0.2, 0.25) is 0 Å². The van der Waals surface area contributed by atoms with Gasteiger partial charge in [-0.1, -0.05) is 29.8 Å². The predicted molar refractivity (Wildman–Crippen MR) is 89.3 cm³/mol. The van der Waals surface area contributed by atoms with Crippen LogP contribution in [0.1, 0.15) is 5.01 Å². The van der Waals surface area contributed by atoms with Gasteiger partial charge >= 0.3 is 0 Å². The maximum absolute atomic E-state index is 12.4. The van der Waals surface area contributed by atoms with Crippen LogP contribution in [0.4, 0.5) is 5.69 Å². The van der Waals surface area contributed by atoms with Gasteiger partial charge in [-0.2, -0.15) is 5.06 Å². The van der Waals surface area contributed by atoms with E-state index in [0.29, 0.717) is 10.7 Å². The van der Waals surface area contributed by atoms with Crippen LogP contribution in [-0.2, 0) is 16.1 Å². The molecule has 0 fully saturated rings. The average molecular weight is 333 g/mol. The number of hydroxylamine groups is 1. The zero-order valence-electron chi connectivity index (χ0n) is 11.8. The Morgan fingerprint density at radius 2 is 2.05 bits per heavy atom. The fourth-order valence-electron chi connectivity index (χ4n) is 2.14. The highest BCUT2D eigenvalue weighted by atomic mass is 35.5. The first-order valence-corrected chi connectivity index (χ1v) is 7.84. The summed E-state index contributed by atoms with van der Waals surface area (Å²) in [5.74, 6) is -0.168. The second-order valence-electron chi connectivity index (χ2n) is 4.60. The lowest BCUT2D eigenvalue weighted by Crippen LogP contribution is -2.31. The molecule has 0 unspecified atom stereocenters. The van der Waals surface area contributed by atoms with Crippen molar-refractivity contribution in [1.82, 2.24) is 4.98 Å². The molecule has 0 saturated carbocycles. The molecule has 1 heterocycles. The van der Waals surface area contributed by atoms with Crippen molar-refractivity contribution in [3.63, 3.8) is 0 Å². The molecule has 3 aromatic rings. The Labute approximate surface area is 136 Å². The topological polar surface area (TPSA) is 42.4 Å². The van der Waals surface area contributed by atoms with E-state index in [1.165, 1.54) is 23.5 Å². The van der Waals surface area contributed by atoms with Crippen LogP contribution in [-0.4, -0.2) is 18.0 Å². The molecule has 0 spiro atoms. The lowest BCUT2D eigenvalue weighted by Gasteiger charge is -2.18. The van der Waals surface area contributed by atoms with Gasteiger partial charge in [-0.05, 0) is 30.3 Å². The van der Waals surface area contributed by atoms with Gasteiger partial charge in [0.05, 0.1) is 29.4 Å². The number of carbonyl (C=O) groups excluding carboxylic acids is 1. The molecular weight excluding hydrogens is 320 g/mol. The standard InChI is InChI=1S/C16H13ClN2O2S/c1-21-19(12-5-3-2-4-6-12)16(20)10-15-18-13-8-7-11(17)9-14(13)22-15/h2-9H,10H2,1H3. The number of hydrogen-bond acceptors (Lipinski definition) is 4. The fourth-order valence-corrected chi connectivity index (χ4v) is 3.37. The van der Waals surface area contributed by atoms with Gasteiger partial charge in [0.1, 0.15) is 5.01 Å². The van der Waals surface area contributed by atoms with Crippen LogP contribution in [0.2, 0.25) is 5.02 Å². The molecule has 6 heteroatoms. The van der Waals surface area contributed by atoms with E-state index in [1.807, 2.05) is 42.5 Å². The van der Waals surface area contributed by atoms with Gasteiger partial charge in [0.25, 0.3) is 5.91 Å². The molecule has 0 aliphatic carbocycles. The highest BCUT2D eigenvalue weighted by Crippen LogP contribution is 2.26. The number of hydrogen-bond donors (Lipinski definition) is 0. The third-order valence-electron chi connectivity index (χ3n) is 3.10. The molecular formula is C16H13ClN2O2S. The van der Waals surface area contributed by atoms with Crippen LogP contribution in [0, 0.1) is 0 Å². The molecule has 0 atom stereocenters. The summed E-state index contributed by atoms with van der Waals surface area (Å²) in [4.78, 5) is 22.1. The van der Waals surface area contributed by atoms with Crippen LogP contribution in [0.5, 0.6) is 0 Å². The molecule has 0 radical (unpaired) electrons. The van der Waals surface area contributed by atoms with Gasteiger partial charge in [-0.3, -0.25) is 9.63 Å². The molecule has 3 rings (SSSR count). The van der Waals surface area contributed by atoms with Crippen LogP contribution in [0.3, 0.4) is 0 Å². The zero-order chi connectivity index (χ0) is 15.5. The van der Waals surface area contributed by atoms with Crippen molar-refractivity contribution in [3.05, 3.63) is 58.6 Å². The molecule has 0 aliphatic heterocycles. The SMILES string of the molecule is CON(C(=O)Cc1nc2ccc(Cl)cc2s1)c1ccccc1. The van der Waals surface area contributed by atoms with Crippen molar-refractivity contribution < 1.29 is 9.63 Å². The van der Waals surface area contributed by atoms with E-state index in [1.54, 1.807) is 6.07 Å². The molecule has 1 aromatic heterocycles. The maximum Gasteiger partial charge on any atom is 0.257 e. The lowest BCUT2D eigenvalue weighted by molar-refractivity contribution is -0.124. The Balaban J connectivity index is 1.82. The Morgan fingerprint density at radius 3 is 2.77 bits per heavy atom. The molecule has 0 saturated heterocycles. The number of aromatic nitrogens is 1. The Bertz CT molecular complexity index is 804. The van der Waals surface area contributed by atoms with Crippen molar-refractivity contribution in [1.29, 1.82) is 0 Å². The van der Waals surface area contributed by atoms with E-state index in [-0.39, 0.29) is 12.3 Å². The van der Waals surface area contributed by atoms with E-state index in [9.17, 15) is 4.79 Å². The number of benzene rings is 2. The number of halogens is 1. The number of para-hydroxylation sites is 1. The summed E-state index contributed by atoms with van der Waals surface area (Å²) in [6.07, 6.45) is 0.180. The molecule has 4 nitrogen and oxygen atoms in total. The first-order chi connectivity index (χ1) is 10.7. The highest BCUT2D eigenvalue weighted by molar-refractivity contribution is 7.18. The molecule has 0 aliphatic rings. The van der Waals surface area contributed by atoms with Crippen LogP contribution in [0.15, 0.2) is 48.5 Å². The minimum atomic E-state index is -0.168. The molecule has 1 amide bonds. The number of anilines is 1. The van der Waals surface area contributed by atoms with Crippen LogP contribution in [0.25, 0.3) is 10.2 Å². The summed E-state index contributed by atoms with van der Waals surface area (Å²) in [7, 11) is 1.48. The van der Waals surface area contributed by atoms with Crippen molar-refractivity contribution in [2.45, 2.75) is 6.42 Å². The van der Waals surface area contributed by atoms with Gasteiger partial charge in [-0.15, -0.1) is 11.3 Å². The van der Waals surface area contributed by atoms with Gasteiger partial charge in [0.15, 0.2) is 0 Å². The van der Waals surface area contributed by atoms with Gasteiger partial charge in [-0.25, -0.2) is 4.98 Å². The summed E-state index contributed by atoms with van der Waals surface area (Å²) >= 11 is 7.43. The maximum atomic E-state index is 12.4. The minimum absolute atomic E-state index is 0.168. The van der Waals surface area contributed by atoms with Gasteiger partial charge < -0.3 is 0 Å². The number of fused-ring (bicyclic) bond motifs is 1. The third kappa shape index (κ3) is 3.11. The Morgan fingerprint density at radius 1 is 1.27 bits per heavy atom.